The summed E-state index contributed by atoms with van der Waals surface area (Å²) in [7, 11) is 0. The molecule has 1 aliphatic heterocycles. The lowest BCUT2D eigenvalue weighted by atomic mass is 10.0. The van der Waals surface area contributed by atoms with Gasteiger partial charge in [0.05, 0.1) is 12.1 Å². The number of hydrogen-bond donors (Lipinski definition) is 3. The molecule has 1 heterocycles. The van der Waals surface area contributed by atoms with E-state index in [0.29, 0.717) is 23.5 Å². The van der Waals surface area contributed by atoms with E-state index in [1.807, 2.05) is 74.5 Å². The molecular formula is C31H35N3O6. The van der Waals surface area contributed by atoms with Crippen LogP contribution in [0.1, 0.15) is 36.2 Å². The van der Waals surface area contributed by atoms with Crippen LogP contribution in [0.15, 0.2) is 84.9 Å². The van der Waals surface area contributed by atoms with E-state index >= 15 is 0 Å². The lowest BCUT2D eigenvalue weighted by Gasteiger charge is -2.25. The molecule has 4 rings (SSSR count). The molecule has 1 saturated heterocycles. The Bertz CT molecular complexity index is 1270. The van der Waals surface area contributed by atoms with Crippen LogP contribution >= 0.6 is 0 Å². The van der Waals surface area contributed by atoms with Crippen molar-refractivity contribution in [1.29, 1.82) is 0 Å². The number of alkyl carbamates (subject to hydrolysis) is 1. The van der Waals surface area contributed by atoms with Gasteiger partial charge in [-0.25, -0.2) is 4.79 Å². The maximum absolute atomic E-state index is 13.3. The van der Waals surface area contributed by atoms with Gasteiger partial charge in [0.2, 0.25) is 5.91 Å². The molecule has 1 fully saturated rings. The van der Waals surface area contributed by atoms with E-state index in [2.05, 4.69) is 10.6 Å². The van der Waals surface area contributed by atoms with Gasteiger partial charge in [0.15, 0.2) is 0 Å². The third-order valence-corrected chi connectivity index (χ3v) is 6.52. The van der Waals surface area contributed by atoms with Crippen molar-refractivity contribution in [2.24, 2.45) is 5.92 Å². The molecule has 210 valence electrons. The summed E-state index contributed by atoms with van der Waals surface area (Å²) in [5.74, 6) is 0.703. The van der Waals surface area contributed by atoms with Crippen LogP contribution in [-0.2, 0) is 16.1 Å². The maximum atomic E-state index is 13.3. The number of rotatable bonds is 10. The van der Waals surface area contributed by atoms with E-state index in [0.717, 1.165) is 5.56 Å². The highest BCUT2D eigenvalue weighted by atomic mass is 16.5. The van der Waals surface area contributed by atoms with Gasteiger partial charge in [-0.3, -0.25) is 9.59 Å². The van der Waals surface area contributed by atoms with Gasteiger partial charge in [-0.1, -0.05) is 62.4 Å². The number of carbonyl (C=O) groups is 3. The second kappa shape index (κ2) is 13.6. The first-order valence-corrected chi connectivity index (χ1v) is 13.4. The van der Waals surface area contributed by atoms with Crippen molar-refractivity contribution in [1.82, 2.24) is 15.5 Å². The third kappa shape index (κ3) is 8.07. The molecule has 40 heavy (non-hydrogen) atoms. The fraction of sp³-hybridized carbons (Fsp3) is 0.323. The van der Waals surface area contributed by atoms with Gasteiger partial charge in [0.1, 0.15) is 24.1 Å². The first-order chi connectivity index (χ1) is 19.3. The lowest BCUT2D eigenvalue weighted by molar-refractivity contribution is -0.133. The zero-order valence-electron chi connectivity index (χ0n) is 22.7. The second-order valence-electron chi connectivity index (χ2n) is 10.2. The summed E-state index contributed by atoms with van der Waals surface area (Å²) in [5, 5.41) is 16.1. The number of nitrogens with one attached hydrogen (secondary N) is 2. The second-order valence-corrected chi connectivity index (χ2v) is 10.2. The summed E-state index contributed by atoms with van der Waals surface area (Å²) in [6.45, 7) is 4.16. The maximum Gasteiger partial charge on any atom is 0.408 e. The third-order valence-electron chi connectivity index (χ3n) is 6.52. The van der Waals surface area contributed by atoms with Crippen molar-refractivity contribution in [3.05, 3.63) is 96.1 Å². The Morgan fingerprint density at radius 2 is 1.52 bits per heavy atom. The first kappa shape index (κ1) is 28.6. The zero-order chi connectivity index (χ0) is 28.5. The van der Waals surface area contributed by atoms with Crippen molar-refractivity contribution < 1.29 is 29.0 Å². The number of aliphatic hydroxyl groups is 1. The predicted octanol–water partition coefficient (Wildman–Crippen LogP) is 4.12. The van der Waals surface area contributed by atoms with Crippen LogP contribution in [0.2, 0.25) is 0 Å². The fourth-order valence-electron chi connectivity index (χ4n) is 4.48. The molecule has 0 saturated carbocycles. The van der Waals surface area contributed by atoms with Crippen LogP contribution in [0.4, 0.5) is 4.79 Å². The number of likely N-dealkylation sites (tertiary alicyclic amines) is 1. The standard InChI is InChI=1S/C31H35N3O6/c1-21(2)17-26(33-31(38)39-20-22-9-5-3-6-10-22)30(37)34-18-27(28(35)19-34)32-29(36)23-13-15-25(16-14-23)40-24-11-7-4-8-12-24/h3-16,21,26-28,35H,17-20H2,1-2H3,(H,32,36)(H,33,38)/t26-,27+,28+/m0/s1. The van der Waals surface area contributed by atoms with Gasteiger partial charge >= 0.3 is 6.09 Å². The van der Waals surface area contributed by atoms with Gasteiger partial charge in [0, 0.05) is 18.7 Å². The van der Waals surface area contributed by atoms with Crippen molar-refractivity contribution in [2.75, 3.05) is 13.1 Å². The van der Waals surface area contributed by atoms with Crippen LogP contribution in [-0.4, -0.2) is 59.2 Å². The molecule has 3 amide bonds. The fourth-order valence-corrected chi connectivity index (χ4v) is 4.48. The smallest absolute Gasteiger partial charge is 0.408 e. The molecule has 0 radical (unpaired) electrons. The normalized spacial score (nSPS) is 17.2. The highest BCUT2D eigenvalue weighted by Gasteiger charge is 2.38. The van der Waals surface area contributed by atoms with Crippen molar-refractivity contribution in [3.8, 4) is 11.5 Å². The number of aliphatic hydroxyl groups excluding tert-OH is 1. The van der Waals surface area contributed by atoms with E-state index in [1.54, 1.807) is 24.3 Å². The Kier molecular flexibility index (Phi) is 9.75. The molecule has 0 aromatic heterocycles. The molecule has 9 heteroatoms. The molecule has 3 aromatic carbocycles. The highest BCUT2D eigenvalue weighted by molar-refractivity contribution is 5.94. The highest BCUT2D eigenvalue weighted by Crippen LogP contribution is 2.22. The number of carbonyl (C=O) groups excluding carboxylic acids is 3. The average molecular weight is 546 g/mol. The number of hydrogen-bond acceptors (Lipinski definition) is 6. The van der Waals surface area contributed by atoms with Crippen LogP contribution in [0.25, 0.3) is 0 Å². The van der Waals surface area contributed by atoms with Gasteiger partial charge in [0.25, 0.3) is 5.91 Å². The molecule has 1 aliphatic rings. The SMILES string of the molecule is CC(C)C[C@H](NC(=O)OCc1ccccc1)C(=O)N1C[C@@H](O)[C@H](NC(=O)c2ccc(Oc3ccccc3)cc2)C1. The van der Waals surface area contributed by atoms with E-state index in [-0.39, 0.29) is 37.4 Å². The molecule has 3 atom stereocenters. The van der Waals surface area contributed by atoms with Gasteiger partial charge in [-0.15, -0.1) is 0 Å². The molecule has 9 nitrogen and oxygen atoms in total. The minimum atomic E-state index is -0.946. The average Bonchev–Trinajstić information content (AvgIpc) is 3.32. The minimum absolute atomic E-state index is 0.0446. The van der Waals surface area contributed by atoms with Crippen LogP contribution in [0.5, 0.6) is 11.5 Å². The van der Waals surface area contributed by atoms with Crippen LogP contribution in [0, 0.1) is 5.92 Å². The quantitative estimate of drug-likeness (QED) is 0.353. The zero-order valence-corrected chi connectivity index (χ0v) is 22.7. The number of benzene rings is 3. The Balaban J connectivity index is 1.31. The molecule has 3 aromatic rings. The number of ether oxygens (including phenoxy) is 2. The molecule has 0 spiro atoms. The molecule has 3 N–H and O–H groups in total. The number of nitrogens with zero attached hydrogens (tertiary/aromatic N) is 1. The summed E-state index contributed by atoms with van der Waals surface area (Å²) in [6.07, 6.45) is -1.23. The number of β-amino-alcohol motifs (C(OH)–C–C–N with tert-alkyl or cyclic N) is 1. The van der Waals surface area contributed by atoms with Crippen molar-refractivity contribution in [3.63, 3.8) is 0 Å². The Morgan fingerprint density at radius 3 is 2.17 bits per heavy atom. The molecule has 0 aliphatic carbocycles. The summed E-state index contributed by atoms with van der Waals surface area (Å²) < 4.78 is 11.1. The van der Waals surface area contributed by atoms with Crippen LogP contribution in [0.3, 0.4) is 0 Å². The molecule has 0 unspecified atom stereocenters. The monoisotopic (exact) mass is 545 g/mol. The van der Waals surface area contributed by atoms with Crippen molar-refractivity contribution in [2.45, 2.75) is 45.1 Å². The molecular weight excluding hydrogens is 510 g/mol. The topological polar surface area (TPSA) is 117 Å². The summed E-state index contributed by atoms with van der Waals surface area (Å²) in [4.78, 5) is 40.1. The van der Waals surface area contributed by atoms with Crippen molar-refractivity contribution >= 4 is 17.9 Å². The Labute approximate surface area is 234 Å². The largest absolute Gasteiger partial charge is 0.457 e. The van der Waals surface area contributed by atoms with Gasteiger partial charge < -0.3 is 30.1 Å². The lowest BCUT2D eigenvalue weighted by Crippen LogP contribution is -2.49. The van der Waals surface area contributed by atoms with E-state index in [4.69, 9.17) is 9.47 Å². The molecule has 0 bridgehead atoms. The van der Waals surface area contributed by atoms with Gasteiger partial charge in [-0.05, 0) is 54.3 Å². The van der Waals surface area contributed by atoms with E-state index < -0.39 is 24.3 Å². The predicted molar refractivity (Wildman–Crippen MR) is 150 cm³/mol. The van der Waals surface area contributed by atoms with Gasteiger partial charge in [-0.2, -0.15) is 0 Å². The summed E-state index contributed by atoms with van der Waals surface area (Å²) >= 11 is 0. The minimum Gasteiger partial charge on any atom is -0.457 e. The van der Waals surface area contributed by atoms with E-state index in [1.165, 1.54) is 4.90 Å². The Hall–Kier alpha value is -4.37. The number of para-hydroxylation sites is 1. The number of amides is 3. The van der Waals surface area contributed by atoms with Crippen LogP contribution < -0.4 is 15.4 Å². The summed E-state index contributed by atoms with van der Waals surface area (Å²) in [5.41, 5.74) is 1.24. The Morgan fingerprint density at radius 1 is 0.900 bits per heavy atom. The van der Waals surface area contributed by atoms with E-state index in [9.17, 15) is 19.5 Å². The summed E-state index contributed by atoms with van der Waals surface area (Å²) in [6, 6.07) is 23.8. The first-order valence-electron chi connectivity index (χ1n) is 13.4.